The van der Waals surface area contributed by atoms with E-state index >= 15 is 0 Å². The van der Waals surface area contributed by atoms with E-state index < -0.39 is 0 Å². The van der Waals surface area contributed by atoms with Crippen LogP contribution in [-0.2, 0) is 16.0 Å². The molecule has 2 unspecified atom stereocenters. The van der Waals surface area contributed by atoms with Crippen molar-refractivity contribution in [1.29, 1.82) is 0 Å². The molecule has 4 fully saturated rings. The topological polar surface area (TPSA) is 53.5 Å². The lowest BCUT2D eigenvalue weighted by Gasteiger charge is -2.36. The number of rotatable bonds is 4. The van der Waals surface area contributed by atoms with Crippen LogP contribution in [0, 0.1) is 11.8 Å². The van der Waals surface area contributed by atoms with Gasteiger partial charge in [0.2, 0.25) is 11.8 Å². The highest BCUT2D eigenvalue weighted by Crippen LogP contribution is 2.33. The average Bonchev–Trinajstić information content (AvgIpc) is 2.91. The number of fused-ring (bicyclic) bond motifs is 4. The van der Waals surface area contributed by atoms with Crippen molar-refractivity contribution in [1.82, 2.24) is 14.8 Å². The predicted molar refractivity (Wildman–Crippen MR) is 94.7 cm³/mol. The molecule has 0 N–H and O–H groups in total. The number of nitrogens with zero attached hydrogens (tertiary/aromatic N) is 3. The molecule has 0 spiro atoms. The van der Waals surface area contributed by atoms with Crippen LogP contribution in [0.4, 0.5) is 0 Å². The van der Waals surface area contributed by atoms with Crippen LogP contribution in [-0.4, -0.2) is 52.3 Å². The number of hydrogen-bond donors (Lipinski definition) is 0. The van der Waals surface area contributed by atoms with Crippen molar-refractivity contribution in [2.75, 3.05) is 19.6 Å². The molecule has 2 bridgehead atoms. The van der Waals surface area contributed by atoms with Crippen LogP contribution in [0.15, 0.2) is 24.5 Å². The van der Waals surface area contributed by atoms with Gasteiger partial charge in [0.25, 0.3) is 0 Å². The third-order valence-electron chi connectivity index (χ3n) is 6.15. The van der Waals surface area contributed by atoms with Crippen molar-refractivity contribution < 1.29 is 9.59 Å². The molecule has 4 aliphatic rings. The first-order chi connectivity index (χ1) is 12.2. The lowest BCUT2D eigenvalue weighted by atomic mass is 9.84. The van der Waals surface area contributed by atoms with E-state index in [9.17, 15) is 9.59 Å². The number of amides is 2. The van der Waals surface area contributed by atoms with Gasteiger partial charge >= 0.3 is 0 Å². The van der Waals surface area contributed by atoms with Crippen molar-refractivity contribution in [3.63, 3.8) is 0 Å². The van der Waals surface area contributed by atoms with E-state index in [1.54, 1.807) is 6.20 Å². The Bertz CT molecular complexity index is 629. The highest BCUT2D eigenvalue weighted by Gasteiger charge is 2.40. The maximum absolute atomic E-state index is 12.8. The van der Waals surface area contributed by atoms with Crippen LogP contribution in [0.3, 0.4) is 0 Å². The maximum atomic E-state index is 12.8. The molecule has 2 atom stereocenters. The van der Waals surface area contributed by atoms with E-state index in [0.29, 0.717) is 18.2 Å². The molecule has 0 aromatic carbocycles. The van der Waals surface area contributed by atoms with Gasteiger partial charge in [-0.25, -0.2) is 0 Å². The maximum Gasteiger partial charge on any atom is 0.225 e. The van der Waals surface area contributed by atoms with Gasteiger partial charge in [-0.05, 0) is 49.7 Å². The molecule has 5 nitrogen and oxygen atoms in total. The summed E-state index contributed by atoms with van der Waals surface area (Å²) in [5, 5.41) is 0. The normalized spacial score (nSPS) is 26.2. The Hall–Kier alpha value is -1.91. The largest absolute Gasteiger partial charge is 0.340 e. The molecular weight excluding hydrogens is 314 g/mol. The summed E-state index contributed by atoms with van der Waals surface area (Å²) in [5.74, 6) is 1.28. The van der Waals surface area contributed by atoms with Gasteiger partial charge in [-0.15, -0.1) is 0 Å². The van der Waals surface area contributed by atoms with E-state index in [1.165, 1.54) is 6.42 Å². The highest BCUT2D eigenvalue weighted by molar-refractivity contribution is 5.80. The number of piperidine rings is 1. The number of hydrogen-bond acceptors (Lipinski definition) is 3. The third-order valence-corrected chi connectivity index (χ3v) is 6.15. The van der Waals surface area contributed by atoms with Gasteiger partial charge in [0.15, 0.2) is 0 Å². The quantitative estimate of drug-likeness (QED) is 0.844. The van der Waals surface area contributed by atoms with Gasteiger partial charge in [-0.2, -0.15) is 0 Å². The van der Waals surface area contributed by atoms with Crippen molar-refractivity contribution in [2.24, 2.45) is 11.8 Å². The van der Waals surface area contributed by atoms with Crippen LogP contribution in [0.2, 0.25) is 0 Å². The first-order valence-electron chi connectivity index (χ1n) is 9.68. The fraction of sp³-hybridized carbons (Fsp3) is 0.650. The second-order valence-corrected chi connectivity index (χ2v) is 7.88. The van der Waals surface area contributed by atoms with Crippen LogP contribution in [0.25, 0.3) is 0 Å². The van der Waals surface area contributed by atoms with Gasteiger partial charge in [-0.3, -0.25) is 14.6 Å². The van der Waals surface area contributed by atoms with Crippen molar-refractivity contribution in [3.8, 4) is 0 Å². The second-order valence-electron chi connectivity index (χ2n) is 7.88. The summed E-state index contributed by atoms with van der Waals surface area (Å²) in [4.78, 5) is 33.7. The standard InChI is InChI=1S/C20H27N3O2/c24-19(9-7-15-3-2-10-21-11-15)23-13-16-6-8-18(23)14-22(12-16)20(25)17-4-1-5-17/h2-3,10-11,16-18H,1,4-9,12-14H2. The number of carbonyl (C=O) groups excluding carboxylic acids is 2. The Morgan fingerprint density at radius 3 is 2.72 bits per heavy atom. The molecule has 1 aliphatic carbocycles. The van der Waals surface area contributed by atoms with Gasteiger partial charge in [0.05, 0.1) is 0 Å². The van der Waals surface area contributed by atoms with E-state index in [2.05, 4.69) is 14.8 Å². The van der Waals surface area contributed by atoms with Crippen LogP contribution in [0.5, 0.6) is 0 Å². The molecule has 3 saturated heterocycles. The molecule has 5 heteroatoms. The monoisotopic (exact) mass is 341 g/mol. The summed E-state index contributed by atoms with van der Waals surface area (Å²) in [5.41, 5.74) is 1.11. The first-order valence-corrected chi connectivity index (χ1v) is 9.68. The number of aromatic nitrogens is 1. The molecule has 2 amide bonds. The van der Waals surface area contributed by atoms with Gasteiger partial charge in [0.1, 0.15) is 0 Å². The summed E-state index contributed by atoms with van der Waals surface area (Å²) in [6.45, 7) is 2.41. The highest BCUT2D eigenvalue weighted by atomic mass is 16.2. The average molecular weight is 341 g/mol. The zero-order chi connectivity index (χ0) is 17.2. The van der Waals surface area contributed by atoms with Crippen molar-refractivity contribution >= 4 is 11.8 Å². The third kappa shape index (κ3) is 3.55. The van der Waals surface area contributed by atoms with Crippen molar-refractivity contribution in [2.45, 2.75) is 51.0 Å². The Kier molecular flexibility index (Phi) is 4.73. The molecule has 1 aromatic rings. The van der Waals surface area contributed by atoms with E-state index in [0.717, 1.165) is 57.3 Å². The molecule has 4 heterocycles. The predicted octanol–water partition coefficient (Wildman–Crippen LogP) is 2.26. The minimum absolute atomic E-state index is 0.212. The van der Waals surface area contributed by atoms with E-state index in [4.69, 9.17) is 0 Å². The van der Waals surface area contributed by atoms with Crippen LogP contribution in [0.1, 0.15) is 44.1 Å². The summed E-state index contributed by atoms with van der Waals surface area (Å²) >= 11 is 0. The SMILES string of the molecule is O=C(C1CCC1)N1CC2CCC(C1)N(C(=O)CCc1cccnc1)C2. The molecule has 1 saturated carbocycles. The Morgan fingerprint density at radius 2 is 2.00 bits per heavy atom. The number of aryl methyl sites for hydroxylation is 1. The van der Waals surface area contributed by atoms with Gasteiger partial charge in [0, 0.05) is 50.4 Å². The number of pyridine rings is 1. The minimum atomic E-state index is 0.212. The Balaban J connectivity index is 1.38. The first kappa shape index (κ1) is 16.6. The lowest BCUT2D eigenvalue weighted by molar-refractivity contribution is -0.140. The Morgan fingerprint density at radius 1 is 1.12 bits per heavy atom. The van der Waals surface area contributed by atoms with Gasteiger partial charge < -0.3 is 9.80 Å². The van der Waals surface area contributed by atoms with E-state index in [1.807, 2.05) is 18.3 Å². The summed E-state index contributed by atoms with van der Waals surface area (Å²) < 4.78 is 0. The fourth-order valence-corrected chi connectivity index (χ4v) is 4.42. The molecular formula is C20H27N3O2. The molecule has 0 radical (unpaired) electrons. The minimum Gasteiger partial charge on any atom is -0.340 e. The van der Waals surface area contributed by atoms with E-state index in [-0.39, 0.29) is 17.9 Å². The molecule has 134 valence electrons. The second kappa shape index (κ2) is 7.14. The van der Waals surface area contributed by atoms with Crippen LogP contribution < -0.4 is 0 Å². The smallest absolute Gasteiger partial charge is 0.225 e. The summed E-state index contributed by atoms with van der Waals surface area (Å²) in [7, 11) is 0. The molecule has 25 heavy (non-hydrogen) atoms. The van der Waals surface area contributed by atoms with Crippen LogP contribution >= 0.6 is 0 Å². The lowest BCUT2D eigenvalue weighted by Crippen LogP contribution is -2.48. The fourth-order valence-electron chi connectivity index (χ4n) is 4.42. The summed E-state index contributed by atoms with van der Waals surface area (Å²) in [6, 6.07) is 4.15. The molecule has 5 rings (SSSR count). The van der Waals surface area contributed by atoms with Gasteiger partial charge in [-0.1, -0.05) is 12.5 Å². The zero-order valence-electron chi connectivity index (χ0n) is 14.8. The zero-order valence-corrected chi connectivity index (χ0v) is 14.8. The molecule has 1 aromatic heterocycles. The number of carbonyl (C=O) groups is 2. The van der Waals surface area contributed by atoms with Crippen molar-refractivity contribution in [3.05, 3.63) is 30.1 Å². The molecule has 3 aliphatic heterocycles. The Labute approximate surface area is 149 Å². The summed E-state index contributed by atoms with van der Waals surface area (Å²) in [6.07, 6.45) is 10.3.